The second kappa shape index (κ2) is 24.4. The third-order valence-electron chi connectivity index (χ3n) is 6.11. The fourth-order valence-electron chi connectivity index (χ4n) is 3.85. The molecule has 42 heavy (non-hydrogen) atoms. The number of hydrogen-bond donors (Lipinski definition) is 4. The maximum absolute atomic E-state index is 13.2. The molecule has 3 atom stereocenters. The third-order valence-corrected chi connectivity index (χ3v) is 6.11. The van der Waals surface area contributed by atoms with Crippen molar-refractivity contribution in [1.29, 1.82) is 0 Å². The number of aldehydes is 1. The molecule has 0 saturated carbocycles. The van der Waals surface area contributed by atoms with Gasteiger partial charge in [-0.15, -0.1) is 0 Å². The Morgan fingerprint density at radius 2 is 1.55 bits per heavy atom. The zero-order valence-corrected chi connectivity index (χ0v) is 26.6. The number of ketones is 1. The van der Waals surface area contributed by atoms with E-state index in [0.717, 1.165) is 24.7 Å². The zero-order chi connectivity index (χ0) is 32.7. The lowest BCUT2D eigenvalue weighted by molar-refractivity contribution is -0.150. The number of benzene rings is 1. The molecule has 240 valence electrons. The van der Waals surface area contributed by atoms with Crippen LogP contribution in [-0.2, 0) is 30.5 Å². The van der Waals surface area contributed by atoms with Crippen molar-refractivity contribution in [2.45, 2.75) is 111 Å². The van der Waals surface area contributed by atoms with Gasteiger partial charge in [0.15, 0.2) is 5.78 Å². The molecule has 0 radical (unpaired) electrons. The Hall–Kier alpha value is -3.18. The van der Waals surface area contributed by atoms with Crippen LogP contribution in [0.1, 0.15) is 86.1 Å². The Bertz CT molecular complexity index is 899. The second-order valence-corrected chi connectivity index (χ2v) is 10.9. The summed E-state index contributed by atoms with van der Waals surface area (Å²) in [7, 11) is 1.67. The van der Waals surface area contributed by atoms with E-state index in [9.17, 15) is 23.7 Å². The van der Waals surface area contributed by atoms with Crippen LogP contribution in [0.3, 0.4) is 0 Å². The van der Waals surface area contributed by atoms with Crippen LogP contribution in [0.5, 0.6) is 0 Å². The van der Waals surface area contributed by atoms with E-state index >= 15 is 0 Å². The first-order valence-electron chi connectivity index (χ1n) is 14.6. The van der Waals surface area contributed by atoms with Gasteiger partial charge in [-0.1, -0.05) is 75.9 Å². The molecule has 0 aliphatic rings. The quantitative estimate of drug-likeness (QED) is 0.156. The lowest BCUT2D eigenvalue weighted by Gasteiger charge is -2.22. The first-order chi connectivity index (χ1) is 19.8. The molecule has 0 saturated heterocycles. The van der Waals surface area contributed by atoms with Crippen LogP contribution in [0.25, 0.3) is 0 Å². The molecular formula is C31H53FN4O6. The van der Waals surface area contributed by atoms with Gasteiger partial charge in [0.1, 0.15) is 6.29 Å². The van der Waals surface area contributed by atoms with Crippen molar-refractivity contribution >= 4 is 30.4 Å². The van der Waals surface area contributed by atoms with E-state index in [1.807, 2.05) is 51.1 Å². The molecule has 0 heterocycles. The predicted molar refractivity (Wildman–Crippen MR) is 163 cm³/mol. The maximum Gasteiger partial charge on any atom is 0.290 e. The highest BCUT2D eigenvalue weighted by atomic mass is 19.2. The number of hydrogen-bond acceptors (Lipinski definition) is 7. The highest BCUT2D eigenvalue weighted by molar-refractivity contribution is 5.86. The number of Topliss-reactive ketones (excluding diaryl/α,β-unsaturated/α-hetero) is 1. The minimum atomic E-state index is -0.572. The fourth-order valence-corrected chi connectivity index (χ4v) is 3.85. The normalized spacial score (nSPS) is 12.7. The van der Waals surface area contributed by atoms with Gasteiger partial charge in [0.05, 0.1) is 24.2 Å². The van der Waals surface area contributed by atoms with Gasteiger partial charge < -0.3 is 25.9 Å². The molecule has 10 nitrogen and oxygen atoms in total. The molecule has 0 spiro atoms. The van der Waals surface area contributed by atoms with Crippen molar-refractivity contribution in [3.8, 4) is 0 Å². The van der Waals surface area contributed by atoms with Crippen LogP contribution in [0.2, 0.25) is 0 Å². The fraction of sp³-hybridized carbons (Fsp3) is 0.645. The molecule has 0 fully saturated rings. The number of likely N-dealkylation sites (N-methyl/N-ethyl adjacent to an activating group) is 1. The second-order valence-electron chi connectivity index (χ2n) is 10.9. The van der Waals surface area contributed by atoms with Crippen LogP contribution in [0.15, 0.2) is 30.3 Å². The molecule has 1 aromatic rings. The highest BCUT2D eigenvalue weighted by Crippen LogP contribution is 2.10. The summed E-state index contributed by atoms with van der Waals surface area (Å²) in [6.07, 6.45) is 3.50. The average Bonchev–Trinajstić information content (AvgIpc) is 2.95. The van der Waals surface area contributed by atoms with Crippen LogP contribution in [0.4, 0.5) is 4.48 Å². The molecule has 0 aliphatic carbocycles. The van der Waals surface area contributed by atoms with Gasteiger partial charge in [-0.3, -0.25) is 19.2 Å². The van der Waals surface area contributed by atoms with Crippen molar-refractivity contribution in [2.75, 3.05) is 7.05 Å². The summed E-state index contributed by atoms with van der Waals surface area (Å²) in [5, 5.41) is 16.1. The maximum atomic E-state index is 13.2. The molecule has 1 aromatic carbocycles. The van der Waals surface area contributed by atoms with Crippen molar-refractivity contribution in [3.05, 3.63) is 35.9 Å². The van der Waals surface area contributed by atoms with Gasteiger partial charge in [-0.2, -0.15) is 5.12 Å². The molecule has 4 N–H and O–H groups in total. The number of nitrogens with zero attached hydrogens (tertiary/aromatic N) is 1. The van der Waals surface area contributed by atoms with E-state index in [1.165, 1.54) is 0 Å². The third kappa shape index (κ3) is 19.0. The Balaban J connectivity index is 0. The Morgan fingerprint density at radius 3 is 1.98 bits per heavy atom. The number of halogens is 1. The summed E-state index contributed by atoms with van der Waals surface area (Å²) in [5.41, 5.74) is 1.14. The summed E-state index contributed by atoms with van der Waals surface area (Å²) in [5.74, 6) is -0.295. The highest BCUT2D eigenvalue weighted by Gasteiger charge is 2.23. The zero-order valence-electron chi connectivity index (χ0n) is 26.6. The molecule has 0 bridgehead atoms. The molecule has 0 aromatic heterocycles. The van der Waals surface area contributed by atoms with Gasteiger partial charge in [0, 0.05) is 18.9 Å². The first-order valence-corrected chi connectivity index (χ1v) is 14.6. The van der Waals surface area contributed by atoms with Crippen LogP contribution in [-0.4, -0.2) is 71.8 Å². The van der Waals surface area contributed by atoms with Gasteiger partial charge in [-0.05, 0) is 51.6 Å². The molecular weight excluding hydrogens is 543 g/mol. The largest absolute Gasteiger partial charge is 0.483 e. The van der Waals surface area contributed by atoms with Crippen LogP contribution in [0, 0.1) is 11.8 Å². The van der Waals surface area contributed by atoms with Gasteiger partial charge >= 0.3 is 0 Å². The van der Waals surface area contributed by atoms with Gasteiger partial charge in [-0.25, -0.2) is 0 Å². The Labute approximate surface area is 251 Å². The van der Waals surface area contributed by atoms with Crippen molar-refractivity contribution < 1.29 is 33.6 Å². The first kappa shape index (κ1) is 41.0. The Morgan fingerprint density at radius 1 is 0.976 bits per heavy atom. The topological polar surface area (TPSA) is 145 Å². The summed E-state index contributed by atoms with van der Waals surface area (Å²) in [6, 6.07) is 8.50. The molecule has 11 heteroatoms. The minimum absolute atomic E-state index is 0.0403. The van der Waals surface area contributed by atoms with E-state index in [4.69, 9.17) is 9.90 Å². The summed E-state index contributed by atoms with van der Waals surface area (Å²) in [4.78, 5) is 54.9. The van der Waals surface area contributed by atoms with E-state index in [1.54, 1.807) is 20.9 Å². The van der Waals surface area contributed by atoms with E-state index < -0.39 is 11.9 Å². The van der Waals surface area contributed by atoms with Crippen LogP contribution < -0.4 is 16.0 Å². The molecule has 1 rings (SSSR count). The number of carbonyl (C=O) groups is 5. The van der Waals surface area contributed by atoms with E-state index in [0.29, 0.717) is 25.3 Å². The van der Waals surface area contributed by atoms with Crippen molar-refractivity contribution in [1.82, 2.24) is 21.1 Å². The molecule has 0 aliphatic heterocycles. The number of carbonyl (C=O) groups excluding carboxylic acids is 4. The van der Waals surface area contributed by atoms with Crippen LogP contribution >= 0.6 is 0 Å². The van der Waals surface area contributed by atoms with Crippen molar-refractivity contribution in [2.24, 2.45) is 11.8 Å². The summed E-state index contributed by atoms with van der Waals surface area (Å²) < 4.78 is 13.2. The predicted octanol–water partition coefficient (Wildman–Crippen LogP) is 4.08. The summed E-state index contributed by atoms with van der Waals surface area (Å²) in [6.45, 7) is 13.4. The molecule has 3 unspecified atom stereocenters. The lowest BCUT2D eigenvalue weighted by atomic mass is 9.98. The SMILES string of the molecule is CCCC(C=O)NC(=O)C(CC(C)C)NCc1ccccc1.CNC(CCC(=O)N(F)C(C)C)C(=O)C(C)C.O=CO. The van der Waals surface area contributed by atoms with E-state index in [-0.39, 0.29) is 53.7 Å². The number of nitrogens with one attached hydrogen (secondary N) is 3. The molecule has 2 amide bonds. The minimum Gasteiger partial charge on any atom is -0.483 e. The Kier molecular flexibility index (Phi) is 23.8. The van der Waals surface area contributed by atoms with E-state index in [2.05, 4.69) is 29.8 Å². The average molecular weight is 597 g/mol. The number of rotatable bonds is 17. The smallest absolute Gasteiger partial charge is 0.290 e. The number of amides is 2. The van der Waals surface area contributed by atoms with Crippen molar-refractivity contribution in [3.63, 3.8) is 0 Å². The monoisotopic (exact) mass is 596 g/mol. The summed E-state index contributed by atoms with van der Waals surface area (Å²) >= 11 is 0. The van der Waals surface area contributed by atoms with Gasteiger partial charge in [0.25, 0.3) is 12.4 Å². The van der Waals surface area contributed by atoms with Gasteiger partial charge in [0.2, 0.25) is 5.91 Å². The standard InChI is InChI=1S/C18H28N2O2.C12H23FN2O2.CH2O2/c1-4-8-16(13-21)20-18(22)17(11-14(2)3)19-12-15-9-6-5-7-10-15;1-8(2)12(17)10(14-5)6-7-11(16)15(13)9(3)4;2-1-3/h5-7,9-10,13-14,16-17,19H,4,8,11-12H2,1-3H3,(H,20,22);8-10,14H,6-7H2,1-5H3;1H,(H,2,3). The lowest BCUT2D eigenvalue weighted by Crippen LogP contribution is -2.48. The number of carboxylic acid groups (broad SMARTS) is 1.